The topological polar surface area (TPSA) is 29.0 Å². The number of benzene rings is 1. The molecule has 1 atom stereocenters. The van der Waals surface area contributed by atoms with Gasteiger partial charge in [-0.2, -0.15) is 0 Å². The molecule has 3 nitrogen and oxygen atoms in total. The Labute approximate surface area is 127 Å². The van der Waals surface area contributed by atoms with Crippen molar-refractivity contribution in [3.05, 3.63) is 53.5 Å². The lowest BCUT2D eigenvalue weighted by Gasteiger charge is -2.23. The van der Waals surface area contributed by atoms with Crippen LogP contribution in [-0.4, -0.2) is 23.1 Å². The van der Waals surface area contributed by atoms with E-state index in [1.165, 1.54) is 24.8 Å². The number of aryl methyl sites for hydroxylation is 2. The SMILES string of the molecule is Cc1cnc(C)c(N2CCCC(c3ccccc3)CC2)n1. The summed E-state index contributed by atoms with van der Waals surface area (Å²) >= 11 is 0. The third-order valence-corrected chi connectivity index (χ3v) is 4.35. The summed E-state index contributed by atoms with van der Waals surface area (Å²) in [5.41, 5.74) is 3.52. The Hall–Kier alpha value is -1.90. The number of nitrogens with zero attached hydrogens (tertiary/aromatic N) is 3. The first kappa shape index (κ1) is 14.1. The molecule has 0 spiro atoms. The van der Waals surface area contributed by atoms with Crippen LogP contribution in [0.5, 0.6) is 0 Å². The molecular formula is C18H23N3. The van der Waals surface area contributed by atoms with Crippen LogP contribution in [0.3, 0.4) is 0 Å². The van der Waals surface area contributed by atoms with Gasteiger partial charge in [-0.1, -0.05) is 30.3 Å². The summed E-state index contributed by atoms with van der Waals surface area (Å²) < 4.78 is 0. The Morgan fingerprint density at radius 1 is 1.05 bits per heavy atom. The van der Waals surface area contributed by atoms with Gasteiger partial charge in [0.1, 0.15) is 5.82 Å². The van der Waals surface area contributed by atoms with E-state index in [2.05, 4.69) is 47.1 Å². The average Bonchev–Trinajstić information content (AvgIpc) is 2.76. The molecule has 1 aromatic carbocycles. The van der Waals surface area contributed by atoms with Gasteiger partial charge in [-0.05, 0) is 44.6 Å². The van der Waals surface area contributed by atoms with E-state index in [4.69, 9.17) is 4.98 Å². The van der Waals surface area contributed by atoms with Crippen molar-refractivity contribution in [3.63, 3.8) is 0 Å². The van der Waals surface area contributed by atoms with Gasteiger partial charge in [0.25, 0.3) is 0 Å². The third-order valence-electron chi connectivity index (χ3n) is 4.35. The van der Waals surface area contributed by atoms with Gasteiger partial charge < -0.3 is 4.90 Å². The maximum absolute atomic E-state index is 4.70. The van der Waals surface area contributed by atoms with Crippen LogP contribution in [0.25, 0.3) is 0 Å². The van der Waals surface area contributed by atoms with Gasteiger partial charge in [-0.3, -0.25) is 4.98 Å². The summed E-state index contributed by atoms with van der Waals surface area (Å²) in [4.78, 5) is 11.6. The van der Waals surface area contributed by atoms with Crippen LogP contribution in [-0.2, 0) is 0 Å². The second-order valence-corrected chi connectivity index (χ2v) is 5.95. The van der Waals surface area contributed by atoms with E-state index in [1.807, 2.05) is 13.1 Å². The Bertz CT molecular complexity index is 595. The number of anilines is 1. The Morgan fingerprint density at radius 2 is 1.86 bits per heavy atom. The number of hydrogen-bond donors (Lipinski definition) is 0. The normalized spacial score (nSPS) is 19.3. The monoisotopic (exact) mass is 281 g/mol. The fraction of sp³-hybridized carbons (Fsp3) is 0.444. The highest BCUT2D eigenvalue weighted by atomic mass is 15.2. The van der Waals surface area contributed by atoms with Crippen molar-refractivity contribution in [1.82, 2.24) is 9.97 Å². The molecule has 0 bridgehead atoms. The fourth-order valence-electron chi connectivity index (χ4n) is 3.19. The van der Waals surface area contributed by atoms with E-state index in [-0.39, 0.29) is 0 Å². The van der Waals surface area contributed by atoms with Crippen molar-refractivity contribution in [2.75, 3.05) is 18.0 Å². The molecule has 1 fully saturated rings. The van der Waals surface area contributed by atoms with Crippen LogP contribution >= 0.6 is 0 Å². The maximum Gasteiger partial charge on any atom is 0.150 e. The summed E-state index contributed by atoms with van der Waals surface area (Å²) in [7, 11) is 0. The number of aromatic nitrogens is 2. The molecule has 1 aromatic heterocycles. The first-order chi connectivity index (χ1) is 10.2. The van der Waals surface area contributed by atoms with Crippen LogP contribution in [0.1, 0.15) is 42.1 Å². The highest BCUT2D eigenvalue weighted by Gasteiger charge is 2.20. The van der Waals surface area contributed by atoms with Crippen molar-refractivity contribution in [2.24, 2.45) is 0 Å². The molecule has 1 aliphatic heterocycles. The van der Waals surface area contributed by atoms with Gasteiger partial charge in [-0.25, -0.2) is 4.98 Å². The van der Waals surface area contributed by atoms with E-state index < -0.39 is 0 Å². The van der Waals surface area contributed by atoms with E-state index in [9.17, 15) is 0 Å². The van der Waals surface area contributed by atoms with Crippen LogP contribution in [0.15, 0.2) is 36.5 Å². The second kappa shape index (κ2) is 6.25. The van der Waals surface area contributed by atoms with Crippen molar-refractivity contribution < 1.29 is 0 Å². The van der Waals surface area contributed by atoms with Crippen molar-refractivity contribution in [2.45, 2.75) is 39.0 Å². The molecule has 21 heavy (non-hydrogen) atoms. The smallest absolute Gasteiger partial charge is 0.150 e. The predicted octanol–water partition coefficient (Wildman–Crippen LogP) is 3.87. The molecule has 0 N–H and O–H groups in total. The van der Waals surface area contributed by atoms with E-state index in [0.29, 0.717) is 5.92 Å². The molecule has 2 aromatic rings. The van der Waals surface area contributed by atoms with Crippen molar-refractivity contribution in [3.8, 4) is 0 Å². The summed E-state index contributed by atoms with van der Waals surface area (Å²) in [6.45, 7) is 6.22. The minimum atomic E-state index is 0.675. The zero-order valence-electron chi connectivity index (χ0n) is 12.9. The highest BCUT2D eigenvalue weighted by molar-refractivity contribution is 5.43. The molecule has 3 rings (SSSR count). The minimum absolute atomic E-state index is 0.675. The lowest BCUT2D eigenvalue weighted by Crippen LogP contribution is -2.26. The molecule has 3 heteroatoms. The largest absolute Gasteiger partial charge is 0.355 e. The minimum Gasteiger partial charge on any atom is -0.355 e. The highest BCUT2D eigenvalue weighted by Crippen LogP contribution is 2.29. The Balaban J connectivity index is 1.75. The molecule has 0 amide bonds. The molecule has 1 aliphatic rings. The Morgan fingerprint density at radius 3 is 2.67 bits per heavy atom. The maximum atomic E-state index is 4.70. The molecule has 0 aliphatic carbocycles. The molecule has 2 heterocycles. The lowest BCUT2D eigenvalue weighted by molar-refractivity contribution is 0.611. The predicted molar refractivity (Wildman–Crippen MR) is 86.8 cm³/mol. The number of hydrogen-bond acceptors (Lipinski definition) is 3. The first-order valence-electron chi connectivity index (χ1n) is 7.84. The van der Waals surface area contributed by atoms with E-state index in [1.54, 1.807) is 0 Å². The fourth-order valence-corrected chi connectivity index (χ4v) is 3.19. The molecule has 1 unspecified atom stereocenters. The van der Waals surface area contributed by atoms with Crippen LogP contribution in [0.2, 0.25) is 0 Å². The van der Waals surface area contributed by atoms with Crippen LogP contribution in [0, 0.1) is 13.8 Å². The molecular weight excluding hydrogens is 258 g/mol. The molecule has 0 radical (unpaired) electrons. The van der Waals surface area contributed by atoms with Gasteiger partial charge in [0, 0.05) is 19.3 Å². The Kier molecular flexibility index (Phi) is 4.18. The van der Waals surface area contributed by atoms with Crippen LogP contribution in [0.4, 0.5) is 5.82 Å². The summed E-state index contributed by atoms with van der Waals surface area (Å²) in [6, 6.07) is 10.9. The third kappa shape index (κ3) is 3.23. The zero-order chi connectivity index (χ0) is 14.7. The first-order valence-corrected chi connectivity index (χ1v) is 7.84. The van der Waals surface area contributed by atoms with Gasteiger partial charge in [0.05, 0.1) is 11.4 Å². The van der Waals surface area contributed by atoms with E-state index >= 15 is 0 Å². The lowest BCUT2D eigenvalue weighted by atomic mass is 9.92. The van der Waals surface area contributed by atoms with Crippen molar-refractivity contribution >= 4 is 5.82 Å². The van der Waals surface area contributed by atoms with E-state index in [0.717, 1.165) is 30.3 Å². The van der Waals surface area contributed by atoms with Crippen LogP contribution < -0.4 is 4.90 Å². The summed E-state index contributed by atoms with van der Waals surface area (Å²) in [5, 5.41) is 0. The quantitative estimate of drug-likeness (QED) is 0.837. The van der Waals surface area contributed by atoms with Gasteiger partial charge in [0.15, 0.2) is 0 Å². The van der Waals surface area contributed by atoms with Gasteiger partial charge in [-0.15, -0.1) is 0 Å². The van der Waals surface area contributed by atoms with Gasteiger partial charge >= 0.3 is 0 Å². The van der Waals surface area contributed by atoms with Gasteiger partial charge in [0.2, 0.25) is 0 Å². The summed E-state index contributed by atoms with van der Waals surface area (Å²) in [6.07, 6.45) is 5.52. The summed E-state index contributed by atoms with van der Waals surface area (Å²) in [5.74, 6) is 1.75. The number of rotatable bonds is 2. The molecule has 110 valence electrons. The molecule has 1 saturated heterocycles. The zero-order valence-corrected chi connectivity index (χ0v) is 12.9. The average molecular weight is 281 g/mol. The standard InChI is InChI=1S/C18H23N3/c1-14-13-19-15(2)18(20-14)21-11-6-9-17(10-12-21)16-7-4-3-5-8-16/h3-5,7-8,13,17H,6,9-12H2,1-2H3. The van der Waals surface area contributed by atoms with Crippen molar-refractivity contribution in [1.29, 1.82) is 0 Å². The molecule has 0 saturated carbocycles. The second-order valence-electron chi connectivity index (χ2n) is 5.95.